The van der Waals surface area contributed by atoms with Crippen molar-refractivity contribution in [3.63, 3.8) is 0 Å². The van der Waals surface area contributed by atoms with E-state index in [1.54, 1.807) is 47.0 Å². The van der Waals surface area contributed by atoms with Gasteiger partial charge in [0.1, 0.15) is 23.0 Å². The summed E-state index contributed by atoms with van der Waals surface area (Å²) in [5.41, 5.74) is 0. The van der Waals surface area contributed by atoms with Crippen LogP contribution in [0.1, 0.15) is 25.7 Å². The lowest BCUT2D eigenvalue weighted by Gasteiger charge is -2.10. The normalized spacial score (nSPS) is 12.9. The van der Waals surface area contributed by atoms with E-state index in [0.29, 0.717) is 18.6 Å². The Balaban J connectivity index is 3.34. The fourth-order valence-corrected chi connectivity index (χ4v) is 16.1. The zero-order valence-corrected chi connectivity index (χ0v) is 35.9. The Morgan fingerprint density at radius 2 is 0.822 bits per heavy atom. The summed E-state index contributed by atoms with van der Waals surface area (Å²) in [7, 11) is 0. The van der Waals surface area contributed by atoms with E-state index in [0.717, 1.165) is 114 Å². The van der Waals surface area contributed by atoms with Crippen LogP contribution < -0.4 is 0 Å². The molecule has 0 radical (unpaired) electrons. The van der Waals surface area contributed by atoms with Crippen molar-refractivity contribution >= 4 is 150 Å². The van der Waals surface area contributed by atoms with Crippen LogP contribution in [-0.2, 0) is 31.9 Å². The van der Waals surface area contributed by atoms with Gasteiger partial charge in [0, 0.05) is 98.5 Å². The molecule has 268 valence electrons. The molecule has 0 aromatic heterocycles. The highest BCUT2D eigenvalue weighted by Gasteiger charge is 2.08. The van der Waals surface area contributed by atoms with Gasteiger partial charge < -0.3 is 19.3 Å². The highest BCUT2D eigenvalue weighted by molar-refractivity contribution is 8.18. The van der Waals surface area contributed by atoms with E-state index in [-0.39, 0.29) is 23.4 Å². The topological polar surface area (TPSA) is 121 Å². The minimum absolute atomic E-state index is 0.185. The van der Waals surface area contributed by atoms with E-state index in [9.17, 15) is 18.7 Å². The molecule has 2 atom stereocenters. The maximum absolute atomic E-state index is 12.2. The van der Waals surface area contributed by atoms with Crippen LogP contribution in [0.15, 0.2) is 0 Å². The van der Waals surface area contributed by atoms with E-state index < -0.39 is 22.4 Å². The molecule has 0 aliphatic carbocycles. The summed E-state index contributed by atoms with van der Waals surface area (Å²) in [4.78, 5) is 23.9. The molecular weight excluding hydrogens is 805 g/mol. The number of rotatable bonds is 36. The number of aliphatic hydroxyl groups excluding tert-OH is 2. The van der Waals surface area contributed by atoms with E-state index in [1.807, 2.05) is 47.0 Å². The average molecular weight is 858 g/mol. The molecule has 0 saturated heterocycles. The van der Waals surface area contributed by atoms with Crippen LogP contribution in [0.5, 0.6) is 0 Å². The number of aliphatic hydroxyl groups is 2. The maximum Gasteiger partial charge on any atom is 0.189 e. The van der Waals surface area contributed by atoms with Crippen molar-refractivity contribution in [3.8, 4) is 0 Å². The van der Waals surface area contributed by atoms with Crippen LogP contribution in [-0.4, -0.2) is 150 Å². The Morgan fingerprint density at radius 3 is 1.31 bits per heavy atom. The Kier molecular flexibility index (Phi) is 43.2. The molecule has 0 heterocycles. The van der Waals surface area contributed by atoms with Gasteiger partial charge in [0.25, 0.3) is 0 Å². The SMILES string of the molecule is O=C(CCSCSCCC[S+]([O-])CCSCSCCSC(=O)CCSCSCCC[S+]([O-])CCSCCO)SCCSCCO. The molecule has 45 heavy (non-hydrogen) atoms. The summed E-state index contributed by atoms with van der Waals surface area (Å²) < 4.78 is 24.1. The number of thioether (sulfide) groups is 10. The summed E-state index contributed by atoms with van der Waals surface area (Å²) in [6, 6.07) is 0. The van der Waals surface area contributed by atoms with Crippen molar-refractivity contribution in [2.75, 3.05) is 121 Å². The Hall–Kier alpha value is 3.38. The molecule has 0 aliphatic heterocycles. The van der Waals surface area contributed by atoms with Gasteiger partial charge in [0.15, 0.2) is 10.2 Å². The number of hydrogen-bond acceptors (Lipinski definition) is 16. The van der Waals surface area contributed by atoms with Crippen molar-refractivity contribution in [2.24, 2.45) is 0 Å². The zero-order valence-electron chi connectivity index (χ0n) is 26.1. The molecule has 0 aliphatic rings. The van der Waals surface area contributed by atoms with Gasteiger partial charge in [-0.2, -0.15) is 82.3 Å². The van der Waals surface area contributed by atoms with E-state index in [1.165, 1.54) is 23.5 Å². The number of carbonyl (C=O) groups excluding carboxylic acids is 2. The Labute approximate surface area is 322 Å². The molecule has 0 rings (SSSR count). The lowest BCUT2D eigenvalue weighted by Crippen LogP contribution is -2.14. The molecule has 18 heteroatoms. The maximum atomic E-state index is 12.2. The molecule has 2 unspecified atom stereocenters. The first kappa shape index (κ1) is 48.4. The highest BCUT2D eigenvalue weighted by Crippen LogP contribution is 2.20. The minimum atomic E-state index is -0.752. The molecule has 0 amide bonds. The first-order valence-electron chi connectivity index (χ1n) is 14.8. The predicted octanol–water partition coefficient (Wildman–Crippen LogP) is 6.29. The Morgan fingerprint density at radius 1 is 0.444 bits per heavy atom. The quantitative estimate of drug-likeness (QED) is 0.0417. The van der Waals surface area contributed by atoms with Gasteiger partial charge in [-0.1, -0.05) is 45.9 Å². The van der Waals surface area contributed by atoms with Crippen molar-refractivity contribution < 1.29 is 28.9 Å². The summed E-state index contributed by atoms with van der Waals surface area (Å²) in [6.07, 6.45) is 3.15. The van der Waals surface area contributed by atoms with Gasteiger partial charge in [-0.3, -0.25) is 9.59 Å². The number of carbonyl (C=O) groups is 2. The van der Waals surface area contributed by atoms with E-state index in [2.05, 4.69) is 0 Å². The monoisotopic (exact) mass is 856 g/mol. The minimum Gasteiger partial charge on any atom is -0.616 e. The second-order valence-corrected chi connectivity index (χ2v) is 24.7. The molecule has 0 spiro atoms. The lowest BCUT2D eigenvalue weighted by atomic mass is 10.5. The molecule has 0 fully saturated rings. The summed E-state index contributed by atoms with van der Waals surface area (Å²) in [5.74, 6) is 13.5. The van der Waals surface area contributed by atoms with Crippen molar-refractivity contribution in [3.05, 3.63) is 0 Å². The highest BCUT2D eigenvalue weighted by atomic mass is 32.2. The summed E-state index contributed by atoms with van der Waals surface area (Å²) in [6.45, 7) is 0.382. The molecule has 0 saturated carbocycles. The first-order valence-corrected chi connectivity index (χ1v) is 29.0. The van der Waals surface area contributed by atoms with Crippen LogP contribution in [0.3, 0.4) is 0 Å². The van der Waals surface area contributed by atoms with Gasteiger partial charge in [-0.15, -0.1) is 11.8 Å². The van der Waals surface area contributed by atoms with Crippen LogP contribution in [0.25, 0.3) is 0 Å². The average Bonchev–Trinajstić information content (AvgIpc) is 3.03. The zero-order chi connectivity index (χ0) is 33.1. The van der Waals surface area contributed by atoms with Crippen molar-refractivity contribution in [1.82, 2.24) is 0 Å². The molecule has 6 nitrogen and oxygen atoms in total. The van der Waals surface area contributed by atoms with E-state index >= 15 is 0 Å². The van der Waals surface area contributed by atoms with Crippen LogP contribution in [0.2, 0.25) is 0 Å². The molecular formula is C27H52O6S12. The molecule has 0 bridgehead atoms. The van der Waals surface area contributed by atoms with Crippen molar-refractivity contribution in [2.45, 2.75) is 25.7 Å². The van der Waals surface area contributed by atoms with Crippen molar-refractivity contribution in [1.29, 1.82) is 0 Å². The third kappa shape index (κ3) is 40.0. The third-order valence-corrected chi connectivity index (χ3v) is 19.8. The van der Waals surface area contributed by atoms with Gasteiger partial charge in [0.2, 0.25) is 0 Å². The molecule has 0 aromatic carbocycles. The standard InChI is InChI=1S/C27H52O6S12/c28-5-11-34-13-15-42-26(30)3-9-38-24-37-8-2-20-45(33)22-18-41-25-40-14-16-43-27(31)4-10-39-23-36-7-1-19-44(32)21-17-35-12-6-29/h28-29H,1-25H2. The fourth-order valence-electron chi connectivity index (χ4n) is 2.90. The van der Waals surface area contributed by atoms with E-state index in [4.69, 9.17) is 10.2 Å². The number of hydrogen-bond donors (Lipinski definition) is 2. The van der Waals surface area contributed by atoms with Gasteiger partial charge in [-0.05, 0) is 11.5 Å². The largest absolute Gasteiger partial charge is 0.616 e. The van der Waals surface area contributed by atoms with Gasteiger partial charge in [0.05, 0.1) is 13.2 Å². The lowest BCUT2D eigenvalue weighted by molar-refractivity contribution is -0.111. The summed E-state index contributed by atoms with van der Waals surface area (Å²) in [5, 5.41) is 20.9. The first-order chi connectivity index (χ1) is 22.0. The van der Waals surface area contributed by atoms with Crippen LogP contribution in [0, 0.1) is 0 Å². The second kappa shape index (κ2) is 40.2. The van der Waals surface area contributed by atoms with Gasteiger partial charge in [-0.25, -0.2) is 0 Å². The summed E-state index contributed by atoms with van der Waals surface area (Å²) >= 11 is 15.7. The molecule has 2 N–H and O–H groups in total. The predicted molar refractivity (Wildman–Crippen MR) is 227 cm³/mol. The van der Waals surface area contributed by atoms with Crippen LogP contribution >= 0.6 is 118 Å². The fraction of sp³-hybridized carbons (Fsp3) is 0.926. The Bertz CT molecular complexity index is 659. The molecule has 0 aromatic rings. The third-order valence-electron chi connectivity index (χ3n) is 5.09. The van der Waals surface area contributed by atoms with Gasteiger partial charge >= 0.3 is 0 Å². The smallest absolute Gasteiger partial charge is 0.189 e. The van der Waals surface area contributed by atoms with Crippen LogP contribution in [0.4, 0.5) is 0 Å². The second-order valence-electron chi connectivity index (χ2n) is 8.82.